The Morgan fingerprint density at radius 3 is 2.73 bits per heavy atom. The van der Waals surface area contributed by atoms with E-state index in [1.54, 1.807) is 0 Å². The van der Waals surface area contributed by atoms with Crippen LogP contribution in [0.15, 0.2) is 24.3 Å². The van der Waals surface area contributed by atoms with E-state index in [1.807, 2.05) is 26.1 Å². The van der Waals surface area contributed by atoms with Crippen LogP contribution in [0, 0.1) is 17.2 Å². The number of para-hydroxylation sites is 1. The van der Waals surface area contributed by atoms with Gasteiger partial charge in [-0.05, 0) is 18.6 Å². The molecule has 0 aliphatic carbocycles. The van der Waals surface area contributed by atoms with Gasteiger partial charge in [0.1, 0.15) is 0 Å². The monoisotopic (exact) mass is 266 g/mol. The zero-order valence-electron chi connectivity index (χ0n) is 9.07. The van der Waals surface area contributed by atoms with Crippen molar-refractivity contribution in [3.05, 3.63) is 29.8 Å². The second-order valence-corrected chi connectivity index (χ2v) is 4.23. The van der Waals surface area contributed by atoms with Gasteiger partial charge in [0.15, 0.2) is 0 Å². The number of anilines is 1. The van der Waals surface area contributed by atoms with Crippen molar-refractivity contribution in [3.63, 3.8) is 0 Å². The summed E-state index contributed by atoms with van der Waals surface area (Å²) in [5, 5.41) is 9.61. The molecule has 1 unspecified atom stereocenters. The molecule has 0 bridgehead atoms. The average molecular weight is 267 g/mol. The first-order chi connectivity index (χ1) is 7.19. The van der Waals surface area contributed by atoms with E-state index in [4.69, 9.17) is 5.26 Å². The minimum atomic E-state index is 0.0541. The molecule has 1 aromatic rings. The van der Waals surface area contributed by atoms with Crippen molar-refractivity contribution < 1.29 is 0 Å². The summed E-state index contributed by atoms with van der Waals surface area (Å²) in [5.74, 6) is 0.0541. The third kappa shape index (κ3) is 3.24. The van der Waals surface area contributed by atoms with Gasteiger partial charge >= 0.3 is 0 Å². The van der Waals surface area contributed by atoms with Gasteiger partial charge in [-0.15, -0.1) is 0 Å². The molecule has 0 aliphatic rings. The summed E-state index contributed by atoms with van der Waals surface area (Å²) < 4.78 is 0. The van der Waals surface area contributed by atoms with E-state index in [9.17, 15) is 0 Å². The fourth-order valence-corrected chi connectivity index (χ4v) is 2.02. The number of nitrogens with zero attached hydrogens (tertiary/aromatic N) is 2. The maximum Gasteiger partial charge on any atom is 0.0671 e. The third-order valence-electron chi connectivity index (χ3n) is 2.31. The molecule has 15 heavy (non-hydrogen) atoms. The fraction of sp³-hybridized carbons (Fsp3) is 0.417. The number of nitriles is 1. The van der Waals surface area contributed by atoms with E-state index in [2.05, 4.69) is 39.0 Å². The van der Waals surface area contributed by atoms with Crippen LogP contribution in [0.1, 0.15) is 12.5 Å². The predicted molar refractivity (Wildman–Crippen MR) is 67.1 cm³/mol. The van der Waals surface area contributed by atoms with E-state index in [1.165, 1.54) is 11.3 Å². The summed E-state index contributed by atoms with van der Waals surface area (Å²) >= 11 is 3.47. The molecular formula is C12H15BrN2. The molecule has 0 aromatic heterocycles. The zero-order valence-corrected chi connectivity index (χ0v) is 10.7. The highest BCUT2D eigenvalue weighted by atomic mass is 79.9. The summed E-state index contributed by atoms with van der Waals surface area (Å²) in [6.07, 6.45) is 0. The molecular weight excluding hydrogens is 252 g/mol. The lowest BCUT2D eigenvalue weighted by Crippen LogP contribution is -2.24. The van der Waals surface area contributed by atoms with Crippen LogP contribution in [-0.4, -0.2) is 13.6 Å². The molecule has 0 aliphatic heterocycles. The lowest BCUT2D eigenvalue weighted by Gasteiger charge is -2.22. The molecule has 0 amide bonds. The smallest absolute Gasteiger partial charge is 0.0671 e. The SMILES string of the molecule is CC(C#N)CN(C)c1ccccc1CBr. The van der Waals surface area contributed by atoms with Crippen LogP contribution >= 0.6 is 15.9 Å². The second-order valence-electron chi connectivity index (χ2n) is 3.67. The Balaban J connectivity index is 2.82. The topological polar surface area (TPSA) is 27.0 Å². The first-order valence-electron chi connectivity index (χ1n) is 4.93. The van der Waals surface area contributed by atoms with Gasteiger partial charge in [0, 0.05) is 24.6 Å². The minimum Gasteiger partial charge on any atom is -0.373 e. The number of hydrogen-bond acceptors (Lipinski definition) is 2. The van der Waals surface area contributed by atoms with Crippen molar-refractivity contribution in [1.29, 1.82) is 5.26 Å². The Hall–Kier alpha value is -1.01. The van der Waals surface area contributed by atoms with Crippen molar-refractivity contribution >= 4 is 21.6 Å². The lowest BCUT2D eigenvalue weighted by atomic mass is 10.1. The molecule has 0 fully saturated rings. The van der Waals surface area contributed by atoms with Gasteiger partial charge in [-0.25, -0.2) is 0 Å². The number of hydrogen-bond donors (Lipinski definition) is 0. The van der Waals surface area contributed by atoms with E-state index in [-0.39, 0.29) is 5.92 Å². The molecule has 3 heteroatoms. The molecule has 0 saturated carbocycles. The summed E-state index contributed by atoms with van der Waals surface area (Å²) in [6.45, 7) is 2.70. The van der Waals surface area contributed by atoms with Crippen LogP contribution in [0.2, 0.25) is 0 Å². The molecule has 1 rings (SSSR count). The number of halogens is 1. The highest BCUT2D eigenvalue weighted by molar-refractivity contribution is 9.08. The Labute approximate surface area is 99.6 Å². The van der Waals surface area contributed by atoms with Crippen molar-refractivity contribution in [2.75, 3.05) is 18.5 Å². The van der Waals surface area contributed by atoms with Crippen molar-refractivity contribution in [2.45, 2.75) is 12.3 Å². The maximum absolute atomic E-state index is 8.77. The molecule has 0 N–H and O–H groups in total. The second kappa shape index (κ2) is 5.77. The van der Waals surface area contributed by atoms with Crippen LogP contribution in [0.5, 0.6) is 0 Å². The predicted octanol–water partition coefficient (Wildman–Crippen LogP) is 3.18. The highest BCUT2D eigenvalue weighted by Gasteiger charge is 2.08. The highest BCUT2D eigenvalue weighted by Crippen LogP contribution is 2.22. The van der Waals surface area contributed by atoms with Crippen molar-refractivity contribution in [1.82, 2.24) is 0 Å². The molecule has 0 spiro atoms. The van der Waals surface area contributed by atoms with Crippen LogP contribution in [0.25, 0.3) is 0 Å². The van der Waals surface area contributed by atoms with Gasteiger partial charge in [0.05, 0.1) is 12.0 Å². The fourth-order valence-electron chi connectivity index (χ4n) is 1.55. The van der Waals surface area contributed by atoms with Gasteiger partial charge < -0.3 is 4.90 Å². The maximum atomic E-state index is 8.77. The van der Waals surface area contributed by atoms with Gasteiger partial charge in [-0.1, -0.05) is 34.1 Å². The third-order valence-corrected chi connectivity index (χ3v) is 2.92. The number of rotatable bonds is 4. The van der Waals surface area contributed by atoms with Gasteiger partial charge in [-0.2, -0.15) is 5.26 Å². The van der Waals surface area contributed by atoms with Crippen molar-refractivity contribution in [3.8, 4) is 6.07 Å². The lowest BCUT2D eigenvalue weighted by molar-refractivity contribution is 0.715. The van der Waals surface area contributed by atoms with Crippen LogP contribution in [-0.2, 0) is 5.33 Å². The Kier molecular flexibility index (Phi) is 4.64. The molecule has 0 heterocycles. The van der Waals surface area contributed by atoms with Crippen LogP contribution in [0.4, 0.5) is 5.69 Å². The standard InChI is InChI=1S/C12H15BrN2/c1-10(8-14)9-15(2)12-6-4-3-5-11(12)7-13/h3-6,10H,7,9H2,1-2H3. The van der Waals surface area contributed by atoms with E-state index in [0.29, 0.717) is 0 Å². The van der Waals surface area contributed by atoms with Crippen LogP contribution < -0.4 is 4.90 Å². The normalized spacial score (nSPS) is 11.9. The summed E-state index contributed by atoms with van der Waals surface area (Å²) in [4.78, 5) is 2.13. The first kappa shape index (κ1) is 12.1. The Morgan fingerprint density at radius 2 is 2.13 bits per heavy atom. The van der Waals surface area contributed by atoms with E-state index < -0.39 is 0 Å². The zero-order chi connectivity index (χ0) is 11.3. The van der Waals surface area contributed by atoms with Gasteiger partial charge in [0.2, 0.25) is 0 Å². The minimum absolute atomic E-state index is 0.0541. The summed E-state index contributed by atoms with van der Waals surface area (Å²) in [7, 11) is 2.02. The number of alkyl halides is 1. The molecule has 1 atom stereocenters. The molecule has 0 saturated heterocycles. The van der Waals surface area contributed by atoms with Gasteiger partial charge in [0.25, 0.3) is 0 Å². The molecule has 2 nitrogen and oxygen atoms in total. The van der Waals surface area contributed by atoms with E-state index in [0.717, 1.165) is 11.9 Å². The Morgan fingerprint density at radius 1 is 1.47 bits per heavy atom. The Bertz CT molecular complexity index is 357. The van der Waals surface area contributed by atoms with Gasteiger partial charge in [-0.3, -0.25) is 0 Å². The number of benzene rings is 1. The average Bonchev–Trinajstić information content (AvgIpc) is 2.28. The summed E-state index contributed by atoms with van der Waals surface area (Å²) in [5.41, 5.74) is 2.45. The van der Waals surface area contributed by atoms with E-state index >= 15 is 0 Å². The summed E-state index contributed by atoms with van der Waals surface area (Å²) in [6, 6.07) is 10.5. The quantitative estimate of drug-likeness (QED) is 0.783. The molecule has 0 radical (unpaired) electrons. The molecule has 1 aromatic carbocycles. The van der Waals surface area contributed by atoms with Crippen LogP contribution in [0.3, 0.4) is 0 Å². The van der Waals surface area contributed by atoms with Crippen molar-refractivity contribution in [2.24, 2.45) is 5.92 Å². The molecule has 80 valence electrons. The largest absolute Gasteiger partial charge is 0.373 e. The first-order valence-corrected chi connectivity index (χ1v) is 6.05.